The van der Waals surface area contributed by atoms with Crippen LogP contribution in [0.25, 0.3) is 0 Å². The van der Waals surface area contributed by atoms with E-state index in [9.17, 15) is 4.79 Å². The van der Waals surface area contributed by atoms with E-state index in [1.54, 1.807) is 0 Å². The number of hydrogen-bond donors (Lipinski definition) is 3. The van der Waals surface area contributed by atoms with Crippen LogP contribution in [0.2, 0.25) is 0 Å². The van der Waals surface area contributed by atoms with Crippen LogP contribution in [-0.4, -0.2) is 16.5 Å². The number of H-pyrrole nitrogens is 1. The van der Waals surface area contributed by atoms with E-state index in [0.717, 1.165) is 6.54 Å². The number of nitrogens with one attached hydrogen (secondary N) is 2. The first-order chi connectivity index (χ1) is 7.93. The molecule has 0 fully saturated rings. The Hall–Kier alpha value is -1.52. The van der Waals surface area contributed by atoms with Crippen molar-refractivity contribution in [3.63, 3.8) is 0 Å². The van der Waals surface area contributed by atoms with Gasteiger partial charge in [-0.15, -0.1) is 0 Å². The molecule has 1 aromatic heterocycles. The first-order valence-electron chi connectivity index (χ1n) is 6.00. The Morgan fingerprint density at radius 2 is 1.94 bits per heavy atom. The third-order valence-corrected chi connectivity index (χ3v) is 3.11. The van der Waals surface area contributed by atoms with Crippen molar-refractivity contribution >= 4 is 11.5 Å². The average molecular weight is 238 g/mol. The van der Waals surface area contributed by atoms with E-state index in [-0.39, 0.29) is 11.2 Å². The topological polar surface area (TPSA) is 83.8 Å². The van der Waals surface area contributed by atoms with Crippen molar-refractivity contribution in [1.82, 2.24) is 9.97 Å². The minimum Gasteiger partial charge on any atom is -0.391 e. The van der Waals surface area contributed by atoms with E-state index in [4.69, 9.17) is 5.73 Å². The minimum absolute atomic E-state index is 0.152. The van der Waals surface area contributed by atoms with Crippen molar-refractivity contribution in [1.29, 1.82) is 0 Å². The van der Waals surface area contributed by atoms with E-state index in [2.05, 4.69) is 43.0 Å². The molecule has 96 valence electrons. The Kier molecular flexibility index (Phi) is 4.54. The Morgan fingerprint density at radius 1 is 1.35 bits per heavy atom. The summed E-state index contributed by atoms with van der Waals surface area (Å²) in [6.45, 7) is 9.56. The van der Waals surface area contributed by atoms with Gasteiger partial charge < -0.3 is 16.0 Å². The maximum Gasteiger partial charge on any atom is 0.276 e. The first kappa shape index (κ1) is 13.5. The van der Waals surface area contributed by atoms with Crippen LogP contribution in [0, 0.1) is 17.8 Å². The second-order valence-electron chi connectivity index (χ2n) is 5.03. The molecule has 5 heteroatoms. The van der Waals surface area contributed by atoms with Crippen molar-refractivity contribution in [2.45, 2.75) is 27.7 Å². The quantitative estimate of drug-likeness (QED) is 0.729. The number of nitrogens with two attached hydrogens (primary N) is 1. The van der Waals surface area contributed by atoms with Gasteiger partial charge in [0.05, 0.1) is 6.33 Å². The zero-order valence-corrected chi connectivity index (χ0v) is 10.9. The fraction of sp³-hybridized carbons (Fsp3) is 0.667. The van der Waals surface area contributed by atoms with Gasteiger partial charge in [0.1, 0.15) is 5.69 Å². The Morgan fingerprint density at radius 3 is 2.47 bits per heavy atom. The molecular weight excluding hydrogens is 216 g/mol. The molecule has 0 aliphatic carbocycles. The molecule has 0 atom stereocenters. The smallest absolute Gasteiger partial charge is 0.276 e. The third-order valence-electron chi connectivity index (χ3n) is 3.11. The average Bonchev–Trinajstić information content (AvgIpc) is 2.23. The summed E-state index contributed by atoms with van der Waals surface area (Å²) in [7, 11) is 0. The fourth-order valence-electron chi connectivity index (χ4n) is 2.01. The van der Waals surface area contributed by atoms with Gasteiger partial charge in [0.15, 0.2) is 5.82 Å². The van der Waals surface area contributed by atoms with E-state index in [1.165, 1.54) is 6.33 Å². The highest BCUT2D eigenvalue weighted by Crippen LogP contribution is 2.21. The molecule has 0 amide bonds. The van der Waals surface area contributed by atoms with Crippen molar-refractivity contribution in [3.05, 3.63) is 16.7 Å². The van der Waals surface area contributed by atoms with Crippen molar-refractivity contribution in [2.75, 3.05) is 17.6 Å². The highest BCUT2D eigenvalue weighted by molar-refractivity contribution is 5.58. The second-order valence-corrected chi connectivity index (χ2v) is 5.03. The number of aromatic nitrogens is 2. The van der Waals surface area contributed by atoms with Crippen LogP contribution in [-0.2, 0) is 0 Å². The molecule has 1 heterocycles. The van der Waals surface area contributed by atoms with Crippen LogP contribution >= 0.6 is 0 Å². The van der Waals surface area contributed by atoms with Gasteiger partial charge in [-0.25, -0.2) is 4.98 Å². The summed E-state index contributed by atoms with van der Waals surface area (Å²) >= 11 is 0. The number of hydrogen-bond acceptors (Lipinski definition) is 4. The number of nitrogen functional groups attached to an aromatic ring is 1. The summed E-state index contributed by atoms with van der Waals surface area (Å²) in [4.78, 5) is 17.8. The highest BCUT2D eigenvalue weighted by atomic mass is 16.1. The van der Waals surface area contributed by atoms with Crippen LogP contribution < -0.4 is 16.6 Å². The van der Waals surface area contributed by atoms with Crippen LogP contribution in [0.3, 0.4) is 0 Å². The minimum atomic E-state index is -0.298. The van der Waals surface area contributed by atoms with Crippen LogP contribution in [0.4, 0.5) is 11.5 Å². The molecular formula is C12H22N4O. The van der Waals surface area contributed by atoms with Crippen molar-refractivity contribution < 1.29 is 0 Å². The molecule has 0 saturated carbocycles. The molecule has 0 radical (unpaired) electrons. The second kappa shape index (κ2) is 5.70. The lowest BCUT2D eigenvalue weighted by molar-refractivity contribution is 0.304. The van der Waals surface area contributed by atoms with Gasteiger partial charge in [0.2, 0.25) is 0 Å². The largest absolute Gasteiger partial charge is 0.391 e. The molecule has 0 spiro atoms. The van der Waals surface area contributed by atoms with Gasteiger partial charge in [-0.2, -0.15) is 0 Å². The van der Waals surface area contributed by atoms with Gasteiger partial charge in [0.25, 0.3) is 5.56 Å². The number of aromatic amines is 1. The zero-order valence-electron chi connectivity index (χ0n) is 10.9. The predicted molar refractivity (Wildman–Crippen MR) is 70.9 cm³/mol. The Bertz CT molecular complexity index is 403. The summed E-state index contributed by atoms with van der Waals surface area (Å²) < 4.78 is 0. The molecule has 5 nitrogen and oxygen atoms in total. The monoisotopic (exact) mass is 238 g/mol. The van der Waals surface area contributed by atoms with Crippen molar-refractivity contribution in [2.24, 2.45) is 17.8 Å². The van der Waals surface area contributed by atoms with Crippen LogP contribution in [0.5, 0.6) is 0 Å². The Balaban J connectivity index is 2.72. The number of rotatable bonds is 5. The molecule has 0 aliphatic rings. The maximum atomic E-state index is 11.3. The summed E-state index contributed by atoms with van der Waals surface area (Å²) in [5.41, 5.74) is 5.51. The predicted octanol–water partition coefficient (Wildman–Crippen LogP) is 1.69. The van der Waals surface area contributed by atoms with Crippen LogP contribution in [0.1, 0.15) is 27.7 Å². The van der Waals surface area contributed by atoms with E-state index in [0.29, 0.717) is 23.6 Å². The van der Waals surface area contributed by atoms with Gasteiger partial charge >= 0.3 is 0 Å². The lowest BCUT2D eigenvalue weighted by atomic mass is 9.85. The summed E-state index contributed by atoms with van der Waals surface area (Å²) in [5, 5.41) is 3.16. The number of anilines is 2. The Labute approximate surface area is 102 Å². The third kappa shape index (κ3) is 3.47. The molecule has 17 heavy (non-hydrogen) atoms. The van der Waals surface area contributed by atoms with E-state index in [1.807, 2.05) is 0 Å². The van der Waals surface area contributed by atoms with Gasteiger partial charge in [-0.05, 0) is 17.8 Å². The zero-order chi connectivity index (χ0) is 13.0. The fourth-order valence-corrected chi connectivity index (χ4v) is 2.01. The molecule has 0 saturated heterocycles. The van der Waals surface area contributed by atoms with E-state index < -0.39 is 0 Å². The van der Waals surface area contributed by atoms with Crippen molar-refractivity contribution in [3.8, 4) is 0 Å². The van der Waals surface area contributed by atoms with Gasteiger partial charge in [-0.3, -0.25) is 4.79 Å². The lowest BCUT2D eigenvalue weighted by Crippen LogP contribution is -2.26. The van der Waals surface area contributed by atoms with E-state index >= 15 is 0 Å². The van der Waals surface area contributed by atoms with Gasteiger partial charge in [-0.1, -0.05) is 27.7 Å². The number of nitrogens with zero attached hydrogens (tertiary/aromatic N) is 1. The molecule has 0 aromatic carbocycles. The maximum absolute atomic E-state index is 11.3. The lowest BCUT2D eigenvalue weighted by Gasteiger charge is -2.25. The molecule has 0 aliphatic heterocycles. The van der Waals surface area contributed by atoms with Crippen LogP contribution in [0.15, 0.2) is 11.1 Å². The summed E-state index contributed by atoms with van der Waals surface area (Å²) in [5.74, 6) is 2.15. The molecule has 1 rings (SSSR count). The summed E-state index contributed by atoms with van der Waals surface area (Å²) in [6, 6.07) is 0. The standard InChI is InChI=1S/C12H22N4O/c1-7(2)9(8(3)4)5-14-11-10(13)12(17)16-6-15-11/h6-9H,5,13H2,1-4H3,(H2,14,15,16,17). The highest BCUT2D eigenvalue weighted by Gasteiger charge is 2.17. The molecule has 1 aromatic rings. The SMILES string of the molecule is CC(C)C(CNc1nc[nH]c(=O)c1N)C(C)C. The first-order valence-corrected chi connectivity index (χ1v) is 6.00. The normalized spacial score (nSPS) is 11.5. The summed E-state index contributed by atoms with van der Waals surface area (Å²) in [6.07, 6.45) is 1.36. The molecule has 4 N–H and O–H groups in total. The molecule has 0 unspecified atom stereocenters. The van der Waals surface area contributed by atoms with Gasteiger partial charge in [0, 0.05) is 6.54 Å². The molecule has 0 bridgehead atoms.